The highest BCUT2D eigenvalue weighted by Crippen LogP contribution is 2.38. The molecule has 0 aliphatic carbocycles. The monoisotopic (exact) mass is 235 g/mol. The Labute approximate surface area is 86.6 Å². The highest BCUT2D eigenvalue weighted by Gasteiger charge is 2.13. The summed E-state index contributed by atoms with van der Waals surface area (Å²) in [5.74, 6) is -0.101. The number of phenols is 1. The Kier molecular flexibility index (Phi) is 1.98. The van der Waals surface area contributed by atoms with Gasteiger partial charge in [0.25, 0.3) is 4.87 Å². The van der Waals surface area contributed by atoms with Crippen molar-refractivity contribution < 1.29 is 9.52 Å². The fraction of sp³-hybridized carbons (Fsp3) is 0. The first kappa shape index (κ1) is 8.87. The van der Waals surface area contributed by atoms with Crippen LogP contribution in [0.25, 0.3) is 10.3 Å². The van der Waals surface area contributed by atoms with Crippen molar-refractivity contribution in [3.8, 4) is 5.75 Å². The average molecular weight is 236 g/mol. The lowest BCUT2D eigenvalue weighted by Crippen LogP contribution is -1.80. The van der Waals surface area contributed by atoms with E-state index in [-0.39, 0.29) is 20.7 Å². The van der Waals surface area contributed by atoms with Gasteiger partial charge in [-0.15, -0.1) is 0 Å². The van der Waals surface area contributed by atoms with E-state index in [1.165, 1.54) is 6.07 Å². The van der Waals surface area contributed by atoms with Crippen LogP contribution in [0.5, 0.6) is 5.75 Å². The van der Waals surface area contributed by atoms with Gasteiger partial charge in [-0.25, -0.2) is 0 Å². The highest BCUT2D eigenvalue weighted by atomic mass is 35.5. The number of fused-ring (bicyclic) bond motifs is 1. The molecule has 6 heteroatoms. The molecule has 68 valence electrons. The van der Waals surface area contributed by atoms with Gasteiger partial charge in [0.15, 0.2) is 5.58 Å². The number of rotatable bonds is 0. The van der Waals surface area contributed by atoms with Crippen molar-refractivity contribution >= 4 is 44.8 Å². The van der Waals surface area contributed by atoms with Gasteiger partial charge >= 0.3 is 0 Å². The van der Waals surface area contributed by atoms with Gasteiger partial charge in [0.05, 0.1) is 9.72 Å². The summed E-state index contributed by atoms with van der Waals surface area (Å²) < 4.78 is 5.49. The largest absolute Gasteiger partial charge is 0.506 e. The fourth-order valence-corrected chi connectivity index (χ4v) is 2.26. The Morgan fingerprint density at radius 2 is 2.15 bits per heavy atom. The highest BCUT2D eigenvalue weighted by molar-refractivity contribution is 7.16. The standard InChI is InChI=1S/C7H3Cl2NO2S/c8-2-1-3(11)4(9)6-5(2)12-7(10)13-6/h1,10-11H. The van der Waals surface area contributed by atoms with Crippen molar-refractivity contribution in [2.75, 3.05) is 0 Å². The first-order valence-corrected chi connectivity index (χ1v) is 4.82. The predicted octanol–water partition coefficient (Wildman–Crippen LogP) is 2.99. The molecule has 0 unspecified atom stereocenters. The third-order valence-corrected chi connectivity index (χ3v) is 3.14. The first-order valence-electron chi connectivity index (χ1n) is 3.25. The van der Waals surface area contributed by atoms with Crippen LogP contribution < -0.4 is 4.87 Å². The molecule has 0 bridgehead atoms. The van der Waals surface area contributed by atoms with E-state index in [0.29, 0.717) is 10.3 Å². The molecule has 0 fully saturated rings. The van der Waals surface area contributed by atoms with Crippen molar-refractivity contribution in [2.45, 2.75) is 0 Å². The summed E-state index contributed by atoms with van der Waals surface area (Å²) >= 11 is 12.6. The first-order chi connectivity index (χ1) is 6.09. The van der Waals surface area contributed by atoms with Crippen molar-refractivity contribution in [3.63, 3.8) is 0 Å². The Balaban J connectivity index is 3.04. The Morgan fingerprint density at radius 3 is 2.85 bits per heavy atom. The van der Waals surface area contributed by atoms with Crippen molar-refractivity contribution in [1.29, 1.82) is 5.41 Å². The molecule has 2 rings (SSSR count). The molecular formula is C7H3Cl2NO2S. The van der Waals surface area contributed by atoms with Crippen LogP contribution in [-0.4, -0.2) is 5.11 Å². The van der Waals surface area contributed by atoms with Crippen molar-refractivity contribution in [3.05, 3.63) is 21.0 Å². The molecule has 2 N–H and O–H groups in total. The molecule has 3 nitrogen and oxygen atoms in total. The number of hydrogen-bond donors (Lipinski definition) is 2. The average Bonchev–Trinajstić information content (AvgIpc) is 2.44. The molecule has 1 aromatic heterocycles. The zero-order valence-corrected chi connectivity index (χ0v) is 8.43. The zero-order chi connectivity index (χ0) is 9.59. The van der Waals surface area contributed by atoms with E-state index in [1.54, 1.807) is 0 Å². The summed E-state index contributed by atoms with van der Waals surface area (Å²) in [6.07, 6.45) is 0. The number of hydrogen-bond acceptors (Lipinski definition) is 4. The SMILES string of the molecule is N=c1oc2c(Cl)cc(O)c(Cl)c2s1. The predicted molar refractivity (Wildman–Crippen MR) is 51.6 cm³/mol. The van der Waals surface area contributed by atoms with Crippen LogP contribution in [0.1, 0.15) is 0 Å². The van der Waals surface area contributed by atoms with Crippen LogP contribution in [0, 0.1) is 5.41 Å². The van der Waals surface area contributed by atoms with E-state index in [4.69, 9.17) is 33.0 Å². The molecule has 0 aliphatic rings. The Bertz CT molecular complexity index is 531. The number of phenolic OH excluding ortho intramolecular Hbond substituents is 1. The van der Waals surface area contributed by atoms with E-state index in [0.717, 1.165) is 11.3 Å². The third kappa shape index (κ3) is 1.31. The van der Waals surface area contributed by atoms with Gasteiger partial charge in [-0.2, -0.15) is 0 Å². The van der Waals surface area contributed by atoms with Crippen LogP contribution in [0.3, 0.4) is 0 Å². The van der Waals surface area contributed by atoms with Crippen LogP contribution >= 0.6 is 34.5 Å². The lowest BCUT2D eigenvalue weighted by Gasteiger charge is -1.97. The van der Waals surface area contributed by atoms with E-state index in [9.17, 15) is 5.11 Å². The lowest BCUT2D eigenvalue weighted by atomic mass is 10.3. The van der Waals surface area contributed by atoms with Gasteiger partial charge in [0.2, 0.25) is 0 Å². The van der Waals surface area contributed by atoms with Crippen LogP contribution in [0.15, 0.2) is 10.5 Å². The fourth-order valence-electron chi connectivity index (χ4n) is 0.966. The minimum Gasteiger partial charge on any atom is -0.506 e. The van der Waals surface area contributed by atoms with E-state index in [1.807, 2.05) is 0 Å². The second kappa shape index (κ2) is 2.90. The van der Waals surface area contributed by atoms with Gasteiger partial charge in [-0.05, 0) is 0 Å². The molecule has 1 heterocycles. The maximum Gasteiger partial charge on any atom is 0.271 e. The van der Waals surface area contributed by atoms with Gasteiger partial charge in [-0.1, -0.05) is 34.5 Å². The summed E-state index contributed by atoms with van der Waals surface area (Å²) in [6, 6.07) is 1.29. The van der Waals surface area contributed by atoms with Gasteiger partial charge in [0, 0.05) is 6.07 Å². The van der Waals surface area contributed by atoms with Crippen LogP contribution in [0.4, 0.5) is 0 Å². The van der Waals surface area contributed by atoms with Crippen LogP contribution in [-0.2, 0) is 0 Å². The maximum atomic E-state index is 9.29. The molecule has 13 heavy (non-hydrogen) atoms. The number of benzene rings is 1. The number of aromatic hydroxyl groups is 1. The molecule has 0 spiro atoms. The quantitative estimate of drug-likeness (QED) is 0.738. The molecule has 0 aliphatic heterocycles. The van der Waals surface area contributed by atoms with Crippen LogP contribution in [0.2, 0.25) is 10.0 Å². The van der Waals surface area contributed by atoms with E-state index in [2.05, 4.69) is 0 Å². The summed E-state index contributed by atoms with van der Waals surface area (Å²) in [7, 11) is 0. The summed E-state index contributed by atoms with van der Waals surface area (Å²) in [5, 5.41) is 17.0. The van der Waals surface area contributed by atoms with Gasteiger partial charge < -0.3 is 9.52 Å². The van der Waals surface area contributed by atoms with Crippen molar-refractivity contribution in [1.82, 2.24) is 0 Å². The normalized spacial score (nSPS) is 10.9. The van der Waals surface area contributed by atoms with E-state index < -0.39 is 0 Å². The molecule has 1 aromatic carbocycles. The Hall–Kier alpha value is -0.710. The molecule has 0 saturated heterocycles. The molecule has 0 radical (unpaired) electrons. The molecule has 0 atom stereocenters. The topological polar surface area (TPSA) is 57.2 Å². The van der Waals surface area contributed by atoms with Gasteiger partial charge in [0.1, 0.15) is 10.8 Å². The molecule has 0 saturated carbocycles. The summed E-state index contributed by atoms with van der Waals surface area (Å²) in [5.41, 5.74) is 0.347. The molecule has 0 amide bonds. The third-order valence-electron chi connectivity index (χ3n) is 1.50. The van der Waals surface area contributed by atoms with Crippen molar-refractivity contribution in [2.24, 2.45) is 0 Å². The number of halogens is 2. The maximum absolute atomic E-state index is 9.29. The lowest BCUT2D eigenvalue weighted by molar-refractivity contribution is 0.476. The number of nitrogens with one attached hydrogen (secondary N) is 1. The second-order valence-electron chi connectivity index (χ2n) is 2.34. The second-order valence-corrected chi connectivity index (χ2v) is 4.11. The molecular weight excluding hydrogens is 233 g/mol. The molecule has 2 aromatic rings. The smallest absolute Gasteiger partial charge is 0.271 e. The summed E-state index contributed by atoms with van der Waals surface area (Å²) in [6.45, 7) is 0. The minimum absolute atomic E-state index is 0.00407. The minimum atomic E-state index is -0.101. The Morgan fingerprint density at radius 1 is 1.46 bits per heavy atom. The van der Waals surface area contributed by atoms with E-state index >= 15 is 0 Å². The zero-order valence-electron chi connectivity index (χ0n) is 6.10. The van der Waals surface area contributed by atoms with Gasteiger partial charge in [-0.3, -0.25) is 5.41 Å². The summed E-state index contributed by atoms with van der Waals surface area (Å²) in [4.78, 5) is 0.00407.